The van der Waals surface area contributed by atoms with Gasteiger partial charge in [0.05, 0.1) is 6.42 Å². The zero-order valence-electron chi connectivity index (χ0n) is 5.25. The molecule has 0 saturated heterocycles. The Balaban J connectivity index is 3.87. The maximum absolute atomic E-state index is 11.9. The Morgan fingerprint density at radius 1 is 1.20 bits per heavy atom. The van der Waals surface area contributed by atoms with Crippen molar-refractivity contribution in [3.8, 4) is 0 Å². The molecule has 1 unspecified atom stereocenters. The summed E-state index contributed by atoms with van der Waals surface area (Å²) in [6.07, 6.45) is -7.38. The molecule has 0 aromatic rings. The third kappa shape index (κ3) is 2.98. The van der Waals surface area contributed by atoms with Gasteiger partial charge in [-0.2, -0.15) is 0 Å². The van der Waals surface area contributed by atoms with Crippen LogP contribution < -0.4 is 0 Å². The molecule has 0 heterocycles. The molecule has 62 valence electrons. The van der Waals surface area contributed by atoms with E-state index in [1.54, 1.807) is 0 Å². The zero-order chi connectivity index (χ0) is 8.36. The summed E-state index contributed by atoms with van der Waals surface area (Å²) < 4.78 is 58.1. The summed E-state index contributed by atoms with van der Waals surface area (Å²) in [6, 6.07) is 0. The van der Waals surface area contributed by atoms with Crippen LogP contribution in [0, 0.1) is 0 Å². The third-order valence-electron chi connectivity index (χ3n) is 1.01. The lowest BCUT2D eigenvalue weighted by Gasteiger charge is -2.16. The number of halogens is 5. The highest BCUT2D eigenvalue weighted by Gasteiger charge is 2.39. The SMILES string of the molecule is CC(F)C(F)(F)CC(F)F. The fourth-order valence-corrected chi connectivity index (χ4v) is 0.368. The summed E-state index contributed by atoms with van der Waals surface area (Å²) in [6.45, 7) is 0.558. The average molecular weight is 162 g/mol. The van der Waals surface area contributed by atoms with Crippen molar-refractivity contribution in [1.82, 2.24) is 0 Å². The van der Waals surface area contributed by atoms with Gasteiger partial charge in [-0.15, -0.1) is 0 Å². The second-order valence-corrected chi connectivity index (χ2v) is 1.97. The number of rotatable bonds is 3. The number of hydrogen-bond acceptors (Lipinski definition) is 0. The van der Waals surface area contributed by atoms with Crippen molar-refractivity contribution in [3.05, 3.63) is 0 Å². The first-order valence-corrected chi connectivity index (χ1v) is 2.66. The van der Waals surface area contributed by atoms with E-state index in [0.717, 1.165) is 0 Å². The molecular weight excluding hydrogens is 155 g/mol. The summed E-state index contributed by atoms with van der Waals surface area (Å²) in [5.74, 6) is -3.89. The molecular formula is C5H7F5. The Labute approximate surface area is 55.0 Å². The molecule has 0 fully saturated rings. The van der Waals surface area contributed by atoms with Crippen molar-refractivity contribution in [3.63, 3.8) is 0 Å². The minimum atomic E-state index is -3.89. The lowest BCUT2D eigenvalue weighted by atomic mass is 10.2. The van der Waals surface area contributed by atoms with Gasteiger partial charge in [0.15, 0.2) is 6.17 Å². The van der Waals surface area contributed by atoms with Gasteiger partial charge in [0.2, 0.25) is 6.43 Å². The third-order valence-corrected chi connectivity index (χ3v) is 1.01. The smallest absolute Gasteiger partial charge is 0.241 e. The van der Waals surface area contributed by atoms with Gasteiger partial charge < -0.3 is 0 Å². The van der Waals surface area contributed by atoms with E-state index < -0.39 is 24.9 Å². The van der Waals surface area contributed by atoms with Gasteiger partial charge in [-0.25, -0.2) is 22.0 Å². The Morgan fingerprint density at radius 2 is 1.60 bits per heavy atom. The molecule has 0 saturated carbocycles. The first kappa shape index (κ1) is 9.65. The second-order valence-electron chi connectivity index (χ2n) is 1.97. The zero-order valence-corrected chi connectivity index (χ0v) is 5.25. The normalized spacial score (nSPS) is 15.9. The first-order chi connectivity index (χ1) is 4.36. The number of hydrogen-bond donors (Lipinski definition) is 0. The van der Waals surface area contributed by atoms with Crippen LogP contribution in [0.3, 0.4) is 0 Å². The molecule has 0 aromatic carbocycles. The molecule has 0 bridgehead atoms. The van der Waals surface area contributed by atoms with Crippen molar-refractivity contribution < 1.29 is 22.0 Å². The van der Waals surface area contributed by atoms with Crippen molar-refractivity contribution in [2.45, 2.75) is 31.9 Å². The largest absolute Gasteiger partial charge is 0.283 e. The van der Waals surface area contributed by atoms with Crippen LogP contribution >= 0.6 is 0 Å². The van der Waals surface area contributed by atoms with Crippen LogP contribution in [0.1, 0.15) is 13.3 Å². The molecule has 0 aliphatic heterocycles. The quantitative estimate of drug-likeness (QED) is 0.559. The van der Waals surface area contributed by atoms with Crippen LogP contribution in [0.2, 0.25) is 0 Å². The van der Waals surface area contributed by atoms with Crippen molar-refractivity contribution in [2.75, 3.05) is 0 Å². The molecule has 0 aliphatic rings. The summed E-state index contributed by atoms with van der Waals surface area (Å²) in [5, 5.41) is 0. The number of alkyl halides is 5. The topological polar surface area (TPSA) is 0 Å². The minimum absolute atomic E-state index is 0.558. The molecule has 0 N–H and O–H groups in total. The van der Waals surface area contributed by atoms with Crippen molar-refractivity contribution >= 4 is 0 Å². The molecule has 0 nitrogen and oxygen atoms in total. The maximum Gasteiger partial charge on any atom is 0.283 e. The predicted octanol–water partition coefficient (Wildman–Crippen LogP) is 2.63. The molecule has 0 aromatic heterocycles. The van der Waals surface area contributed by atoms with Crippen LogP contribution in [-0.4, -0.2) is 18.5 Å². The van der Waals surface area contributed by atoms with Gasteiger partial charge in [-0.05, 0) is 6.92 Å². The van der Waals surface area contributed by atoms with E-state index in [2.05, 4.69) is 0 Å². The highest BCUT2D eigenvalue weighted by molar-refractivity contribution is 4.73. The van der Waals surface area contributed by atoms with E-state index in [-0.39, 0.29) is 0 Å². The predicted molar refractivity (Wildman–Crippen MR) is 26.1 cm³/mol. The fraction of sp³-hybridized carbons (Fsp3) is 1.00. The maximum atomic E-state index is 11.9. The van der Waals surface area contributed by atoms with Gasteiger partial charge in [0.25, 0.3) is 5.92 Å². The van der Waals surface area contributed by atoms with E-state index >= 15 is 0 Å². The highest BCUT2D eigenvalue weighted by Crippen LogP contribution is 2.28. The first-order valence-electron chi connectivity index (χ1n) is 2.66. The van der Waals surface area contributed by atoms with Crippen LogP contribution in [0.15, 0.2) is 0 Å². The summed E-state index contributed by atoms with van der Waals surface area (Å²) in [5.41, 5.74) is 0. The highest BCUT2D eigenvalue weighted by atomic mass is 19.3. The van der Waals surface area contributed by atoms with E-state index in [4.69, 9.17) is 0 Å². The van der Waals surface area contributed by atoms with E-state index in [1.807, 2.05) is 0 Å². The van der Waals surface area contributed by atoms with Crippen LogP contribution in [0.5, 0.6) is 0 Å². The van der Waals surface area contributed by atoms with Gasteiger partial charge >= 0.3 is 0 Å². The summed E-state index contributed by atoms with van der Waals surface area (Å²) in [7, 11) is 0. The Morgan fingerprint density at radius 3 is 1.70 bits per heavy atom. The monoisotopic (exact) mass is 162 g/mol. The molecule has 1 atom stereocenters. The standard InChI is InChI=1S/C5H7F5/c1-3(6)5(9,10)2-4(7)8/h3-4H,2H2,1H3. The lowest BCUT2D eigenvalue weighted by molar-refractivity contribution is -0.102. The van der Waals surface area contributed by atoms with E-state index in [1.165, 1.54) is 0 Å². The van der Waals surface area contributed by atoms with Gasteiger partial charge in [-0.3, -0.25) is 0 Å². The van der Waals surface area contributed by atoms with Crippen molar-refractivity contribution in [2.24, 2.45) is 0 Å². The molecule has 0 aliphatic carbocycles. The van der Waals surface area contributed by atoms with Gasteiger partial charge in [0.1, 0.15) is 0 Å². The van der Waals surface area contributed by atoms with Gasteiger partial charge in [0, 0.05) is 0 Å². The van der Waals surface area contributed by atoms with Crippen LogP contribution in [-0.2, 0) is 0 Å². The molecule has 0 radical (unpaired) electrons. The Hall–Kier alpha value is -0.350. The molecule has 0 spiro atoms. The molecule has 0 amide bonds. The molecule has 10 heavy (non-hydrogen) atoms. The molecule has 5 heteroatoms. The molecule has 0 rings (SSSR count). The fourth-order valence-electron chi connectivity index (χ4n) is 0.368. The van der Waals surface area contributed by atoms with E-state index in [0.29, 0.717) is 6.92 Å². The summed E-state index contributed by atoms with van der Waals surface area (Å²) in [4.78, 5) is 0. The van der Waals surface area contributed by atoms with Gasteiger partial charge in [-0.1, -0.05) is 0 Å². The van der Waals surface area contributed by atoms with Crippen molar-refractivity contribution in [1.29, 1.82) is 0 Å². The Bertz CT molecular complexity index is 98.2. The minimum Gasteiger partial charge on any atom is -0.241 e. The van der Waals surface area contributed by atoms with E-state index in [9.17, 15) is 22.0 Å². The lowest BCUT2D eigenvalue weighted by Crippen LogP contribution is -2.29. The average Bonchev–Trinajstić information content (AvgIpc) is 1.60. The second kappa shape index (κ2) is 3.16. The van der Waals surface area contributed by atoms with Crippen LogP contribution in [0.4, 0.5) is 22.0 Å². The Kier molecular flexibility index (Phi) is 3.05. The summed E-state index contributed by atoms with van der Waals surface area (Å²) >= 11 is 0. The van der Waals surface area contributed by atoms with Crippen LogP contribution in [0.25, 0.3) is 0 Å².